The van der Waals surface area contributed by atoms with Gasteiger partial charge in [0.25, 0.3) is 0 Å². The monoisotopic (exact) mass is 252 g/mol. The Balaban J connectivity index is 2.64. The van der Waals surface area contributed by atoms with E-state index in [1.807, 2.05) is 0 Å². The minimum Gasteiger partial charge on any atom is -0.294 e. The van der Waals surface area contributed by atoms with Gasteiger partial charge in [-0.2, -0.15) is 0 Å². The van der Waals surface area contributed by atoms with Crippen LogP contribution in [-0.2, 0) is 0 Å². The van der Waals surface area contributed by atoms with Crippen molar-refractivity contribution in [1.82, 2.24) is 0 Å². The largest absolute Gasteiger partial charge is 0.294 e. The molecule has 18 heavy (non-hydrogen) atoms. The summed E-state index contributed by atoms with van der Waals surface area (Å²) in [4.78, 5) is 31.4. The summed E-state index contributed by atoms with van der Waals surface area (Å²) < 4.78 is 0. The minimum absolute atomic E-state index is 0.238. The van der Waals surface area contributed by atoms with Crippen LogP contribution in [0.15, 0.2) is 30.3 Å². The van der Waals surface area contributed by atoms with E-state index in [2.05, 4.69) is 0 Å². The Bertz CT molecular complexity index is 446. The van der Waals surface area contributed by atoms with Gasteiger partial charge in [0.2, 0.25) is 12.6 Å². The first kappa shape index (κ1) is 13.8. The SMILES string of the molecule is O=C(CC(CC[N+](=O)[O-])[N+](=O)[O-])c1ccccc1. The maximum atomic E-state index is 11.7. The number of carbonyl (C=O) groups is 1. The van der Waals surface area contributed by atoms with Crippen LogP contribution in [0.1, 0.15) is 23.2 Å². The summed E-state index contributed by atoms with van der Waals surface area (Å²) >= 11 is 0. The second-order valence-electron chi connectivity index (χ2n) is 3.78. The van der Waals surface area contributed by atoms with Gasteiger partial charge in [-0.15, -0.1) is 0 Å². The van der Waals surface area contributed by atoms with Gasteiger partial charge in [0.15, 0.2) is 5.78 Å². The van der Waals surface area contributed by atoms with Crippen molar-refractivity contribution >= 4 is 5.78 Å². The van der Waals surface area contributed by atoms with Crippen molar-refractivity contribution in [3.8, 4) is 0 Å². The molecule has 1 rings (SSSR count). The molecule has 0 radical (unpaired) electrons. The molecule has 0 amide bonds. The van der Waals surface area contributed by atoms with E-state index in [1.54, 1.807) is 30.3 Å². The van der Waals surface area contributed by atoms with Gasteiger partial charge in [-0.1, -0.05) is 30.3 Å². The lowest BCUT2D eigenvalue weighted by atomic mass is 10.0. The quantitative estimate of drug-likeness (QED) is 0.416. The highest BCUT2D eigenvalue weighted by Crippen LogP contribution is 2.10. The highest BCUT2D eigenvalue weighted by Gasteiger charge is 2.26. The summed E-state index contributed by atoms with van der Waals surface area (Å²) in [6.45, 7) is -0.506. The first-order valence-electron chi connectivity index (χ1n) is 5.34. The molecule has 0 saturated heterocycles. The molecule has 96 valence electrons. The van der Waals surface area contributed by atoms with Gasteiger partial charge in [-0.25, -0.2) is 0 Å². The molecule has 0 spiro atoms. The molecule has 7 nitrogen and oxygen atoms in total. The molecule has 1 atom stereocenters. The van der Waals surface area contributed by atoms with Gasteiger partial charge in [0, 0.05) is 15.4 Å². The van der Waals surface area contributed by atoms with Crippen molar-refractivity contribution < 1.29 is 14.6 Å². The fourth-order valence-corrected chi connectivity index (χ4v) is 1.49. The predicted molar refractivity (Wildman–Crippen MR) is 62.7 cm³/mol. The van der Waals surface area contributed by atoms with Crippen LogP contribution < -0.4 is 0 Å². The highest BCUT2D eigenvalue weighted by molar-refractivity contribution is 5.96. The summed E-state index contributed by atoms with van der Waals surface area (Å²) in [5, 5.41) is 20.9. The number of rotatable bonds is 7. The van der Waals surface area contributed by atoms with Gasteiger partial charge in [-0.3, -0.25) is 25.0 Å². The third-order valence-corrected chi connectivity index (χ3v) is 2.46. The zero-order valence-corrected chi connectivity index (χ0v) is 9.52. The average Bonchev–Trinajstić information content (AvgIpc) is 2.34. The molecule has 0 saturated carbocycles. The zero-order chi connectivity index (χ0) is 13.5. The van der Waals surface area contributed by atoms with Crippen molar-refractivity contribution in [2.75, 3.05) is 6.54 Å². The molecule has 0 heterocycles. The van der Waals surface area contributed by atoms with Crippen LogP contribution in [0.25, 0.3) is 0 Å². The Morgan fingerprint density at radius 1 is 1.17 bits per heavy atom. The minimum atomic E-state index is -1.21. The predicted octanol–water partition coefficient (Wildman–Crippen LogP) is 1.57. The lowest BCUT2D eigenvalue weighted by molar-refractivity contribution is -0.540. The number of hydrogen-bond acceptors (Lipinski definition) is 5. The van der Waals surface area contributed by atoms with Crippen molar-refractivity contribution in [3.63, 3.8) is 0 Å². The smallest absolute Gasteiger partial charge is 0.226 e. The molecular weight excluding hydrogens is 240 g/mol. The maximum Gasteiger partial charge on any atom is 0.226 e. The molecule has 0 aliphatic rings. The number of ketones is 1. The van der Waals surface area contributed by atoms with Gasteiger partial charge in [0.1, 0.15) is 0 Å². The molecule has 1 aromatic rings. The Kier molecular flexibility index (Phi) is 4.91. The van der Waals surface area contributed by atoms with Crippen LogP contribution in [0.3, 0.4) is 0 Å². The van der Waals surface area contributed by atoms with Gasteiger partial charge >= 0.3 is 0 Å². The lowest BCUT2D eigenvalue weighted by Crippen LogP contribution is -2.26. The van der Waals surface area contributed by atoms with E-state index < -0.39 is 22.4 Å². The van der Waals surface area contributed by atoms with E-state index >= 15 is 0 Å². The van der Waals surface area contributed by atoms with Crippen molar-refractivity contribution in [2.24, 2.45) is 0 Å². The fraction of sp³-hybridized carbons (Fsp3) is 0.364. The summed E-state index contributed by atoms with van der Waals surface area (Å²) in [6.07, 6.45) is -0.552. The summed E-state index contributed by atoms with van der Waals surface area (Å²) in [6, 6.07) is 6.97. The number of carbonyl (C=O) groups excluding carboxylic acids is 1. The zero-order valence-electron chi connectivity index (χ0n) is 9.52. The molecule has 0 fully saturated rings. The first-order chi connectivity index (χ1) is 8.50. The highest BCUT2D eigenvalue weighted by atomic mass is 16.6. The third-order valence-electron chi connectivity index (χ3n) is 2.46. The molecule has 0 aliphatic carbocycles. The molecule has 0 N–H and O–H groups in total. The Morgan fingerprint density at radius 2 is 1.78 bits per heavy atom. The average molecular weight is 252 g/mol. The van der Waals surface area contributed by atoms with Gasteiger partial charge in [-0.05, 0) is 0 Å². The molecule has 1 unspecified atom stereocenters. The van der Waals surface area contributed by atoms with E-state index in [-0.39, 0.29) is 18.6 Å². The topological polar surface area (TPSA) is 103 Å². The fourth-order valence-electron chi connectivity index (χ4n) is 1.49. The molecular formula is C11H12N2O5. The number of hydrogen-bond donors (Lipinski definition) is 0. The Labute approximate surface area is 103 Å². The van der Waals surface area contributed by atoms with Crippen molar-refractivity contribution in [3.05, 3.63) is 56.1 Å². The van der Waals surface area contributed by atoms with Crippen LogP contribution in [0.4, 0.5) is 0 Å². The molecule has 0 bridgehead atoms. The van der Waals surface area contributed by atoms with E-state index in [0.717, 1.165) is 0 Å². The Hall–Kier alpha value is -2.31. The number of nitrogens with zero attached hydrogens (tertiary/aromatic N) is 2. The van der Waals surface area contributed by atoms with Crippen LogP contribution in [0, 0.1) is 20.2 Å². The van der Waals surface area contributed by atoms with Crippen LogP contribution in [0.5, 0.6) is 0 Å². The van der Waals surface area contributed by atoms with Crippen LogP contribution >= 0.6 is 0 Å². The van der Waals surface area contributed by atoms with Gasteiger partial charge < -0.3 is 0 Å². The summed E-state index contributed by atoms with van der Waals surface area (Å²) in [5.41, 5.74) is 0.380. The van der Waals surface area contributed by atoms with Gasteiger partial charge in [0.05, 0.1) is 12.8 Å². The van der Waals surface area contributed by atoms with E-state index in [9.17, 15) is 25.0 Å². The first-order valence-corrected chi connectivity index (χ1v) is 5.34. The molecule has 0 aromatic heterocycles. The standard InChI is InChI=1S/C11H12N2O5/c14-11(9-4-2-1-3-5-9)8-10(13(17)18)6-7-12(15)16/h1-5,10H,6-8H2. The third kappa shape index (κ3) is 4.28. The molecule has 7 heteroatoms. The van der Waals surface area contributed by atoms with Crippen LogP contribution in [0.2, 0.25) is 0 Å². The lowest BCUT2D eigenvalue weighted by Gasteiger charge is -2.06. The number of benzene rings is 1. The van der Waals surface area contributed by atoms with E-state index in [1.165, 1.54) is 0 Å². The molecule has 1 aromatic carbocycles. The molecule has 0 aliphatic heterocycles. The summed E-state index contributed by atoms with van der Waals surface area (Å²) in [7, 11) is 0. The second kappa shape index (κ2) is 6.43. The number of Topliss-reactive ketones (excluding diaryl/α,β-unsaturated/α-hetero) is 1. The summed E-state index contributed by atoms with van der Waals surface area (Å²) in [5.74, 6) is -0.374. The van der Waals surface area contributed by atoms with Crippen molar-refractivity contribution in [1.29, 1.82) is 0 Å². The second-order valence-corrected chi connectivity index (χ2v) is 3.78. The van der Waals surface area contributed by atoms with Crippen LogP contribution in [-0.4, -0.2) is 28.2 Å². The van der Waals surface area contributed by atoms with E-state index in [0.29, 0.717) is 5.56 Å². The van der Waals surface area contributed by atoms with Crippen molar-refractivity contribution in [2.45, 2.75) is 18.9 Å². The van der Waals surface area contributed by atoms with E-state index in [4.69, 9.17) is 0 Å². The maximum absolute atomic E-state index is 11.7. The number of nitro groups is 2. The Morgan fingerprint density at radius 3 is 2.28 bits per heavy atom. The normalized spacial score (nSPS) is 11.8.